The Balaban J connectivity index is 1.88. The maximum absolute atomic E-state index is 13.1. The van der Waals surface area contributed by atoms with Crippen molar-refractivity contribution in [1.82, 2.24) is 14.9 Å². The molecule has 1 aromatic carbocycles. The number of rotatable bonds is 5. The molecule has 0 radical (unpaired) electrons. The number of halogens is 6. The van der Waals surface area contributed by atoms with Crippen molar-refractivity contribution in [2.75, 3.05) is 55.3 Å². The minimum atomic E-state index is -5.04. The van der Waals surface area contributed by atoms with E-state index in [9.17, 15) is 31.1 Å². The normalized spacial score (nSPS) is 15.3. The number of urea groups is 1. The van der Waals surface area contributed by atoms with Crippen LogP contribution in [0.3, 0.4) is 0 Å². The first-order valence-corrected chi connectivity index (χ1v) is 9.69. The summed E-state index contributed by atoms with van der Waals surface area (Å²) in [6.45, 7) is 2.59. The average Bonchev–Trinajstić information content (AvgIpc) is 2.73. The van der Waals surface area contributed by atoms with E-state index in [0.717, 1.165) is 11.2 Å². The highest BCUT2D eigenvalue weighted by Gasteiger charge is 2.37. The van der Waals surface area contributed by atoms with E-state index in [1.165, 1.54) is 6.07 Å². The number of hydrogen-bond acceptors (Lipinski definition) is 6. The standard InChI is InChI=1S/C19H20F6N6O2/c20-18(21,22)12-7-13(19(23,24)25)9-14(8-12)29-17(32)31(16-10-15(26)27-11-28-16)2-1-30-3-5-33-6-4-30/h7-11H,1-6H2,(H,29,32)(H2,26,27,28). The van der Waals surface area contributed by atoms with E-state index in [2.05, 4.69) is 15.3 Å². The third kappa shape index (κ3) is 6.68. The number of nitrogens with one attached hydrogen (secondary N) is 1. The molecular weight excluding hydrogens is 458 g/mol. The zero-order valence-corrected chi connectivity index (χ0v) is 17.1. The van der Waals surface area contributed by atoms with Crippen LogP contribution in [0.25, 0.3) is 0 Å². The minimum absolute atomic E-state index is 0.0169. The van der Waals surface area contributed by atoms with Crippen molar-refractivity contribution in [3.05, 3.63) is 41.7 Å². The lowest BCUT2D eigenvalue weighted by atomic mass is 10.1. The second-order valence-electron chi connectivity index (χ2n) is 7.13. The highest BCUT2D eigenvalue weighted by Crippen LogP contribution is 2.37. The van der Waals surface area contributed by atoms with Gasteiger partial charge in [-0.05, 0) is 18.2 Å². The zero-order chi connectivity index (χ0) is 24.2. The molecule has 0 spiro atoms. The summed E-state index contributed by atoms with van der Waals surface area (Å²) in [5, 5.41) is 2.12. The fourth-order valence-corrected chi connectivity index (χ4v) is 3.11. The monoisotopic (exact) mass is 478 g/mol. The molecule has 1 aliphatic heterocycles. The van der Waals surface area contributed by atoms with Crippen molar-refractivity contribution >= 4 is 23.4 Å². The molecule has 2 heterocycles. The minimum Gasteiger partial charge on any atom is -0.384 e. The molecular formula is C19H20F6N6O2. The van der Waals surface area contributed by atoms with Crippen molar-refractivity contribution in [3.8, 4) is 0 Å². The fourth-order valence-electron chi connectivity index (χ4n) is 3.11. The number of anilines is 3. The smallest absolute Gasteiger partial charge is 0.384 e. The number of ether oxygens (including phenoxy) is 1. The summed E-state index contributed by atoms with van der Waals surface area (Å²) in [6, 6.07) is 1.14. The van der Waals surface area contributed by atoms with Gasteiger partial charge in [0, 0.05) is 37.9 Å². The van der Waals surface area contributed by atoms with Crippen LogP contribution in [-0.2, 0) is 17.1 Å². The number of carbonyl (C=O) groups excluding carboxylic acids is 1. The predicted octanol–water partition coefficient (Wildman–Crippen LogP) is 3.47. The van der Waals surface area contributed by atoms with Gasteiger partial charge in [-0.3, -0.25) is 9.80 Å². The van der Waals surface area contributed by atoms with Gasteiger partial charge in [-0.15, -0.1) is 0 Å². The van der Waals surface area contributed by atoms with Gasteiger partial charge in [-0.25, -0.2) is 14.8 Å². The SMILES string of the molecule is Nc1cc(N(CCN2CCOCC2)C(=O)Nc2cc(C(F)(F)F)cc(C(F)(F)F)c2)ncn1. The van der Waals surface area contributed by atoms with Crippen molar-refractivity contribution in [1.29, 1.82) is 0 Å². The number of carbonyl (C=O) groups is 1. The van der Waals surface area contributed by atoms with Gasteiger partial charge >= 0.3 is 18.4 Å². The lowest BCUT2D eigenvalue weighted by molar-refractivity contribution is -0.143. The second-order valence-corrected chi connectivity index (χ2v) is 7.13. The summed E-state index contributed by atoms with van der Waals surface area (Å²) in [4.78, 5) is 23.7. The third-order valence-corrected chi connectivity index (χ3v) is 4.78. The molecule has 0 aliphatic carbocycles. The molecule has 3 rings (SSSR count). The van der Waals surface area contributed by atoms with E-state index in [0.29, 0.717) is 45.0 Å². The summed E-state index contributed by atoms with van der Waals surface area (Å²) < 4.78 is 84.0. The number of nitrogens with two attached hydrogens (primary N) is 1. The Bertz CT molecular complexity index is 946. The number of nitrogens with zero attached hydrogens (tertiary/aromatic N) is 4. The van der Waals surface area contributed by atoms with E-state index in [4.69, 9.17) is 10.5 Å². The van der Waals surface area contributed by atoms with Gasteiger partial charge in [0.15, 0.2) is 0 Å². The molecule has 1 aromatic heterocycles. The molecule has 1 saturated heterocycles. The van der Waals surface area contributed by atoms with Crippen LogP contribution in [0, 0.1) is 0 Å². The molecule has 0 bridgehead atoms. The number of hydrogen-bond donors (Lipinski definition) is 2. The van der Waals surface area contributed by atoms with Crippen LogP contribution < -0.4 is 16.0 Å². The fraction of sp³-hybridized carbons (Fsp3) is 0.421. The number of aromatic nitrogens is 2. The Labute approximate surface area is 184 Å². The Morgan fingerprint density at radius 1 is 1.03 bits per heavy atom. The van der Waals surface area contributed by atoms with Crippen molar-refractivity contribution < 1.29 is 35.9 Å². The average molecular weight is 478 g/mol. The van der Waals surface area contributed by atoms with Gasteiger partial charge in [0.05, 0.1) is 24.3 Å². The molecule has 33 heavy (non-hydrogen) atoms. The quantitative estimate of drug-likeness (QED) is 0.639. The van der Waals surface area contributed by atoms with E-state index >= 15 is 0 Å². The van der Waals surface area contributed by atoms with Gasteiger partial charge < -0.3 is 15.8 Å². The molecule has 180 valence electrons. The first-order chi connectivity index (χ1) is 15.4. The molecule has 2 aromatic rings. The summed E-state index contributed by atoms with van der Waals surface area (Å²) in [6.07, 6.45) is -9.00. The highest BCUT2D eigenvalue weighted by atomic mass is 19.4. The summed E-state index contributed by atoms with van der Waals surface area (Å²) >= 11 is 0. The van der Waals surface area contributed by atoms with Gasteiger partial charge in [0.25, 0.3) is 0 Å². The van der Waals surface area contributed by atoms with Crippen LogP contribution in [-0.4, -0.2) is 60.3 Å². The summed E-state index contributed by atoms with van der Waals surface area (Å²) in [5.41, 5.74) is 1.89. The lowest BCUT2D eigenvalue weighted by Gasteiger charge is -2.29. The number of morpholine rings is 1. The third-order valence-electron chi connectivity index (χ3n) is 4.78. The van der Waals surface area contributed by atoms with Crippen LogP contribution >= 0.6 is 0 Å². The molecule has 0 saturated carbocycles. The Kier molecular flexibility index (Phi) is 7.27. The van der Waals surface area contributed by atoms with Gasteiger partial charge in [0.2, 0.25) is 0 Å². The van der Waals surface area contributed by atoms with Crippen LogP contribution in [0.15, 0.2) is 30.6 Å². The topological polar surface area (TPSA) is 96.6 Å². The molecule has 3 N–H and O–H groups in total. The molecule has 8 nitrogen and oxygen atoms in total. The number of benzene rings is 1. The van der Waals surface area contributed by atoms with Crippen molar-refractivity contribution in [2.24, 2.45) is 0 Å². The van der Waals surface area contributed by atoms with Gasteiger partial charge in [-0.1, -0.05) is 0 Å². The second kappa shape index (κ2) is 9.79. The first kappa shape index (κ1) is 24.5. The Morgan fingerprint density at radius 3 is 2.18 bits per heavy atom. The maximum atomic E-state index is 13.1. The van der Waals surface area contributed by atoms with Crippen LogP contribution in [0.4, 0.5) is 48.5 Å². The van der Waals surface area contributed by atoms with Gasteiger partial charge in [0.1, 0.15) is 18.0 Å². The van der Waals surface area contributed by atoms with E-state index in [-0.39, 0.29) is 24.2 Å². The van der Waals surface area contributed by atoms with Crippen LogP contribution in [0.1, 0.15) is 11.1 Å². The van der Waals surface area contributed by atoms with Crippen LogP contribution in [0.2, 0.25) is 0 Å². The molecule has 1 fully saturated rings. The van der Waals surface area contributed by atoms with E-state index in [1.807, 2.05) is 4.90 Å². The molecule has 0 atom stereocenters. The van der Waals surface area contributed by atoms with Crippen molar-refractivity contribution in [2.45, 2.75) is 12.4 Å². The molecule has 2 amide bonds. The Hall–Kier alpha value is -3.13. The van der Waals surface area contributed by atoms with E-state index < -0.39 is 35.2 Å². The van der Waals surface area contributed by atoms with Gasteiger partial charge in [-0.2, -0.15) is 26.3 Å². The zero-order valence-electron chi connectivity index (χ0n) is 17.1. The van der Waals surface area contributed by atoms with Crippen LogP contribution in [0.5, 0.6) is 0 Å². The number of amides is 2. The predicted molar refractivity (Wildman–Crippen MR) is 107 cm³/mol. The number of nitrogen functional groups attached to an aromatic ring is 1. The number of alkyl halides is 6. The Morgan fingerprint density at radius 2 is 1.64 bits per heavy atom. The lowest BCUT2D eigenvalue weighted by Crippen LogP contribution is -2.44. The molecule has 0 unspecified atom stereocenters. The summed E-state index contributed by atoms with van der Waals surface area (Å²) in [7, 11) is 0. The molecule has 1 aliphatic rings. The molecule has 14 heteroatoms. The maximum Gasteiger partial charge on any atom is 0.416 e. The van der Waals surface area contributed by atoms with Crippen molar-refractivity contribution in [3.63, 3.8) is 0 Å². The van der Waals surface area contributed by atoms with E-state index in [1.54, 1.807) is 0 Å². The summed E-state index contributed by atoms with van der Waals surface area (Å²) in [5.74, 6) is 0.0684. The first-order valence-electron chi connectivity index (χ1n) is 9.69. The largest absolute Gasteiger partial charge is 0.416 e. The highest BCUT2D eigenvalue weighted by molar-refractivity contribution is 6.01.